The number of rotatable bonds is 3. The molecule has 0 spiro atoms. The Kier molecular flexibility index (Phi) is 3.97. The lowest BCUT2D eigenvalue weighted by atomic mass is 10.1. The van der Waals surface area contributed by atoms with Gasteiger partial charge < -0.3 is 14.2 Å². The van der Waals surface area contributed by atoms with Crippen molar-refractivity contribution >= 4 is 0 Å². The number of aromatic amines is 1. The molecular weight excluding hydrogens is 308 g/mol. The van der Waals surface area contributed by atoms with Gasteiger partial charge in [-0.2, -0.15) is 4.98 Å². The summed E-state index contributed by atoms with van der Waals surface area (Å²) in [7, 11) is 0. The van der Waals surface area contributed by atoms with E-state index in [0.717, 1.165) is 18.8 Å². The van der Waals surface area contributed by atoms with Crippen molar-refractivity contribution in [2.24, 2.45) is 0 Å². The summed E-state index contributed by atoms with van der Waals surface area (Å²) in [5.41, 5.74) is 1.08. The van der Waals surface area contributed by atoms with E-state index in [0.29, 0.717) is 24.0 Å². The molecule has 0 aliphatic carbocycles. The van der Waals surface area contributed by atoms with Crippen LogP contribution in [0.4, 0.5) is 0 Å². The number of hydrogen-bond donors (Lipinski definition) is 1. The summed E-state index contributed by atoms with van der Waals surface area (Å²) in [4.78, 5) is 22.0. The molecule has 0 aromatic carbocycles. The molecule has 0 bridgehead atoms. The molecule has 24 heavy (non-hydrogen) atoms. The maximum absolute atomic E-state index is 12.3. The molecule has 2 saturated heterocycles. The van der Waals surface area contributed by atoms with Gasteiger partial charge in [-0.3, -0.25) is 9.69 Å². The number of ether oxygens (including phenoxy) is 1. The van der Waals surface area contributed by atoms with Crippen LogP contribution in [-0.2, 0) is 4.74 Å². The summed E-state index contributed by atoms with van der Waals surface area (Å²) in [5, 5.41) is 4.04. The highest BCUT2D eigenvalue weighted by atomic mass is 16.5. The Bertz CT molecular complexity index is 782. The molecule has 4 rings (SSSR count). The Balaban J connectivity index is 1.56. The maximum atomic E-state index is 12.3. The molecule has 128 valence electrons. The summed E-state index contributed by atoms with van der Waals surface area (Å²) >= 11 is 0. The van der Waals surface area contributed by atoms with Crippen LogP contribution in [0.15, 0.2) is 21.5 Å². The average molecular weight is 330 g/mol. The number of morpholine rings is 1. The Morgan fingerprint density at radius 3 is 3.04 bits per heavy atom. The fourth-order valence-corrected chi connectivity index (χ4v) is 3.44. The molecule has 0 saturated carbocycles. The molecular formula is C17H22N4O3. The molecule has 2 aliphatic heterocycles. The van der Waals surface area contributed by atoms with Gasteiger partial charge in [0, 0.05) is 18.3 Å². The number of fused-ring (bicyclic) bond motifs is 1. The lowest BCUT2D eigenvalue weighted by Gasteiger charge is -2.33. The third-order valence-corrected chi connectivity index (χ3v) is 4.90. The van der Waals surface area contributed by atoms with Crippen molar-refractivity contribution in [3.05, 3.63) is 34.0 Å². The number of nitrogens with one attached hydrogen (secondary N) is 1. The minimum absolute atomic E-state index is 0.189. The predicted octanol–water partition coefficient (Wildman–Crippen LogP) is 2.08. The number of hydrogen-bond acceptors (Lipinski definition) is 6. The fraction of sp³-hybridized carbons (Fsp3) is 0.588. The van der Waals surface area contributed by atoms with Crippen molar-refractivity contribution in [1.82, 2.24) is 20.0 Å². The second-order valence-electron chi connectivity index (χ2n) is 6.88. The van der Waals surface area contributed by atoms with Gasteiger partial charge in [0.25, 0.3) is 11.4 Å². The third kappa shape index (κ3) is 2.78. The van der Waals surface area contributed by atoms with E-state index in [1.807, 2.05) is 19.9 Å². The third-order valence-electron chi connectivity index (χ3n) is 4.90. The molecule has 0 radical (unpaired) electrons. The van der Waals surface area contributed by atoms with Gasteiger partial charge in [0.2, 0.25) is 5.82 Å². The number of nitrogens with zero attached hydrogens (tertiary/aromatic N) is 3. The topological polar surface area (TPSA) is 84.2 Å². The predicted molar refractivity (Wildman–Crippen MR) is 87.7 cm³/mol. The molecule has 0 unspecified atom stereocenters. The van der Waals surface area contributed by atoms with E-state index in [-0.39, 0.29) is 23.5 Å². The Labute approximate surface area is 140 Å². The van der Waals surface area contributed by atoms with Crippen LogP contribution in [0.1, 0.15) is 50.2 Å². The van der Waals surface area contributed by atoms with Gasteiger partial charge in [0.15, 0.2) is 0 Å². The van der Waals surface area contributed by atoms with E-state index in [4.69, 9.17) is 9.26 Å². The van der Waals surface area contributed by atoms with E-state index in [1.165, 1.54) is 12.8 Å². The summed E-state index contributed by atoms with van der Waals surface area (Å²) in [5.74, 6) is 1.02. The Hall–Kier alpha value is -1.99. The van der Waals surface area contributed by atoms with Crippen LogP contribution in [0.3, 0.4) is 0 Å². The van der Waals surface area contributed by atoms with Crippen molar-refractivity contribution in [2.45, 2.75) is 44.8 Å². The molecule has 1 N–H and O–H groups in total. The van der Waals surface area contributed by atoms with Crippen LogP contribution in [-0.4, -0.2) is 45.8 Å². The number of pyridine rings is 1. The van der Waals surface area contributed by atoms with Gasteiger partial charge in [0.05, 0.1) is 6.61 Å². The van der Waals surface area contributed by atoms with Crippen LogP contribution in [0.25, 0.3) is 11.5 Å². The molecule has 2 atom stereocenters. The lowest BCUT2D eigenvalue weighted by Crippen LogP contribution is -2.42. The highest BCUT2D eigenvalue weighted by Gasteiger charge is 2.35. The van der Waals surface area contributed by atoms with E-state index in [2.05, 4.69) is 20.0 Å². The first kappa shape index (κ1) is 15.5. The molecule has 2 aliphatic rings. The summed E-state index contributed by atoms with van der Waals surface area (Å²) < 4.78 is 11.2. The van der Waals surface area contributed by atoms with Gasteiger partial charge in [-0.15, -0.1) is 0 Å². The van der Waals surface area contributed by atoms with E-state index < -0.39 is 0 Å². The zero-order chi connectivity index (χ0) is 16.7. The Morgan fingerprint density at radius 2 is 2.25 bits per heavy atom. The largest absolute Gasteiger partial charge is 0.367 e. The van der Waals surface area contributed by atoms with E-state index in [9.17, 15) is 4.79 Å². The standard InChI is InChI=1S/C17H22N4O3/c1-10(2)13-6-5-12(16(22)18-13)17-19-15(20-24-17)14-8-21-7-3-4-11(21)9-23-14/h5-6,10-11,14H,3-4,7-9H2,1-2H3,(H,18,22)/t11-,14+/m0/s1. The van der Waals surface area contributed by atoms with Crippen LogP contribution >= 0.6 is 0 Å². The minimum atomic E-state index is -0.208. The van der Waals surface area contributed by atoms with Gasteiger partial charge in [-0.25, -0.2) is 0 Å². The molecule has 2 aromatic heterocycles. The molecule has 7 heteroatoms. The zero-order valence-corrected chi connectivity index (χ0v) is 14.0. The summed E-state index contributed by atoms with van der Waals surface area (Å²) in [6, 6.07) is 4.15. The molecule has 2 aromatic rings. The second-order valence-corrected chi connectivity index (χ2v) is 6.88. The minimum Gasteiger partial charge on any atom is -0.367 e. The van der Waals surface area contributed by atoms with Crippen LogP contribution in [0.5, 0.6) is 0 Å². The highest BCUT2D eigenvalue weighted by Crippen LogP contribution is 2.29. The Morgan fingerprint density at radius 1 is 1.38 bits per heavy atom. The first-order valence-electron chi connectivity index (χ1n) is 8.54. The fourth-order valence-electron chi connectivity index (χ4n) is 3.44. The number of aromatic nitrogens is 3. The lowest BCUT2D eigenvalue weighted by molar-refractivity contribution is -0.0548. The molecule has 4 heterocycles. The molecule has 2 fully saturated rings. The summed E-state index contributed by atoms with van der Waals surface area (Å²) in [6.07, 6.45) is 2.23. The van der Waals surface area contributed by atoms with E-state index >= 15 is 0 Å². The van der Waals surface area contributed by atoms with Gasteiger partial charge in [-0.1, -0.05) is 19.0 Å². The normalized spacial score (nSPS) is 24.5. The molecule has 7 nitrogen and oxygen atoms in total. The van der Waals surface area contributed by atoms with Crippen molar-refractivity contribution in [3.63, 3.8) is 0 Å². The van der Waals surface area contributed by atoms with Crippen molar-refractivity contribution in [2.75, 3.05) is 19.7 Å². The average Bonchev–Trinajstić information content (AvgIpc) is 3.23. The highest BCUT2D eigenvalue weighted by molar-refractivity contribution is 5.51. The summed E-state index contributed by atoms with van der Waals surface area (Å²) in [6.45, 7) is 6.65. The second kappa shape index (κ2) is 6.14. The first-order valence-corrected chi connectivity index (χ1v) is 8.54. The van der Waals surface area contributed by atoms with Crippen molar-refractivity contribution < 1.29 is 9.26 Å². The van der Waals surface area contributed by atoms with Crippen molar-refractivity contribution in [3.8, 4) is 11.5 Å². The molecule has 0 amide bonds. The first-order chi connectivity index (χ1) is 11.6. The monoisotopic (exact) mass is 330 g/mol. The van der Waals surface area contributed by atoms with Crippen molar-refractivity contribution in [1.29, 1.82) is 0 Å². The van der Waals surface area contributed by atoms with Gasteiger partial charge in [-0.05, 0) is 37.4 Å². The quantitative estimate of drug-likeness (QED) is 0.927. The van der Waals surface area contributed by atoms with E-state index in [1.54, 1.807) is 6.07 Å². The maximum Gasteiger partial charge on any atom is 0.263 e. The SMILES string of the molecule is CC(C)c1ccc(-c2nc([C@H]3CN4CCC[C@H]4CO3)no2)c(=O)[nH]1. The zero-order valence-electron chi connectivity index (χ0n) is 14.0. The van der Waals surface area contributed by atoms with Crippen LogP contribution in [0, 0.1) is 0 Å². The van der Waals surface area contributed by atoms with Crippen LogP contribution < -0.4 is 5.56 Å². The van der Waals surface area contributed by atoms with Crippen LogP contribution in [0.2, 0.25) is 0 Å². The smallest absolute Gasteiger partial charge is 0.263 e. The van der Waals surface area contributed by atoms with Gasteiger partial charge >= 0.3 is 0 Å². The van der Waals surface area contributed by atoms with Gasteiger partial charge in [0.1, 0.15) is 11.7 Å². The number of H-pyrrole nitrogens is 1.